The van der Waals surface area contributed by atoms with E-state index in [2.05, 4.69) is 41.1 Å². The number of morpholine rings is 1. The predicted molar refractivity (Wildman–Crippen MR) is 122 cm³/mol. The zero-order valence-electron chi connectivity index (χ0n) is 18.7. The number of hydrogen-bond donors (Lipinski definition) is 1. The highest BCUT2D eigenvalue weighted by molar-refractivity contribution is 5.93. The summed E-state index contributed by atoms with van der Waals surface area (Å²) in [7, 11) is 0. The molecule has 3 aliphatic heterocycles. The highest BCUT2D eigenvalue weighted by Gasteiger charge is 2.28. The molecule has 4 rings (SSSR count). The van der Waals surface area contributed by atoms with Crippen molar-refractivity contribution < 1.29 is 9.53 Å². The van der Waals surface area contributed by atoms with Gasteiger partial charge in [-0.05, 0) is 64.0 Å². The van der Waals surface area contributed by atoms with E-state index in [0.29, 0.717) is 18.1 Å². The van der Waals surface area contributed by atoms with Crippen LogP contribution in [0.15, 0.2) is 24.3 Å². The summed E-state index contributed by atoms with van der Waals surface area (Å²) in [4.78, 5) is 19.9. The van der Waals surface area contributed by atoms with Crippen molar-refractivity contribution in [2.75, 3.05) is 56.0 Å². The van der Waals surface area contributed by atoms with Gasteiger partial charge < -0.3 is 19.9 Å². The van der Waals surface area contributed by atoms with E-state index < -0.39 is 0 Å². The summed E-state index contributed by atoms with van der Waals surface area (Å²) in [5.41, 5.74) is 2.11. The number of hydrogen-bond acceptors (Lipinski definition) is 4. The van der Waals surface area contributed by atoms with Crippen LogP contribution in [-0.4, -0.2) is 73.9 Å². The maximum atomic E-state index is 13.0. The van der Waals surface area contributed by atoms with E-state index >= 15 is 0 Å². The topological polar surface area (TPSA) is 48.0 Å². The van der Waals surface area contributed by atoms with Crippen LogP contribution in [0, 0.1) is 5.92 Å². The highest BCUT2D eigenvalue weighted by atomic mass is 16.5. The molecule has 30 heavy (non-hydrogen) atoms. The minimum atomic E-state index is 0.0477. The zero-order chi connectivity index (χ0) is 20.9. The molecule has 6 heteroatoms. The maximum absolute atomic E-state index is 13.0. The third-order valence-corrected chi connectivity index (χ3v) is 6.76. The summed E-state index contributed by atoms with van der Waals surface area (Å²) in [5, 5.41) is 3.20. The van der Waals surface area contributed by atoms with Gasteiger partial charge in [0.15, 0.2) is 0 Å². The number of amides is 2. The first-order chi connectivity index (χ1) is 14.6. The number of nitrogens with zero attached hydrogens (tertiary/aromatic N) is 3. The van der Waals surface area contributed by atoms with Gasteiger partial charge in [0.05, 0.1) is 23.6 Å². The molecule has 0 saturated carbocycles. The monoisotopic (exact) mass is 414 g/mol. The first-order valence-corrected chi connectivity index (χ1v) is 11.9. The van der Waals surface area contributed by atoms with Crippen molar-refractivity contribution in [3.05, 3.63) is 24.3 Å². The molecule has 2 unspecified atom stereocenters. The lowest BCUT2D eigenvalue weighted by Gasteiger charge is -2.39. The molecule has 1 N–H and O–H groups in total. The first-order valence-electron chi connectivity index (χ1n) is 11.9. The van der Waals surface area contributed by atoms with Crippen LogP contribution < -0.4 is 10.2 Å². The van der Waals surface area contributed by atoms with Crippen LogP contribution in [0.5, 0.6) is 0 Å². The van der Waals surface area contributed by atoms with Crippen LogP contribution in [0.4, 0.5) is 16.2 Å². The number of ether oxygens (including phenoxy) is 1. The molecule has 166 valence electrons. The second-order valence-corrected chi connectivity index (χ2v) is 9.40. The van der Waals surface area contributed by atoms with E-state index in [4.69, 9.17) is 4.74 Å². The summed E-state index contributed by atoms with van der Waals surface area (Å²) < 4.78 is 5.86. The van der Waals surface area contributed by atoms with Crippen molar-refractivity contribution in [1.29, 1.82) is 0 Å². The highest BCUT2D eigenvalue weighted by Crippen LogP contribution is 2.29. The smallest absolute Gasteiger partial charge is 0.321 e. The van der Waals surface area contributed by atoms with E-state index in [0.717, 1.165) is 70.0 Å². The van der Waals surface area contributed by atoms with Crippen LogP contribution in [0.3, 0.4) is 0 Å². The molecule has 0 bridgehead atoms. The fourth-order valence-electron chi connectivity index (χ4n) is 5.30. The summed E-state index contributed by atoms with van der Waals surface area (Å²) >= 11 is 0. The minimum Gasteiger partial charge on any atom is -0.373 e. The third kappa shape index (κ3) is 5.46. The van der Waals surface area contributed by atoms with Crippen LogP contribution in [0.1, 0.15) is 46.0 Å². The van der Waals surface area contributed by atoms with Gasteiger partial charge in [0.1, 0.15) is 0 Å². The molecule has 2 amide bonds. The Morgan fingerprint density at radius 3 is 2.37 bits per heavy atom. The fourth-order valence-corrected chi connectivity index (χ4v) is 5.30. The number of carbonyl (C=O) groups excluding carboxylic acids is 1. The molecule has 0 radical (unpaired) electrons. The molecule has 3 heterocycles. The molecule has 1 aromatic rings. The Kier molecular flexibility index (Phi) is 7.16. The van der Waals surface area contributed by atoms with E-state index in [1.54, 1.807) is 0 Å². The fraction of sp³-hybridized carbons (Fsp3) is 0.708. The second-order valence-electron chi connectivity index (χ2n) is 9.40. The number of piperidine rings is 2. The van der Waals surface area contributed by atoms with Gasteiger partial charge in [-0.1, -0.05) is 12.1 Å². The molecule has 2 atom stereocenters. The Labute approximate surface area is 181 Å². The standard InChI is InChI=1S/C24H38N4O2/c1-19-16-26(17-20(2)30-19)18-21-10-14-28(15-11-21)24(29)25-22-8-4-5-9-23(22)27-12-6-3-7-13-27/h4-5,8-9,19-21H,3,6-7,10-18H2,1-2H3,(H,25,29). The number of likely N-dealkylation sites (tertiary alicyclic amines) is 1. The van der Waals surface area contributed by atoms with Crippen molar-refractivity contribution >= 4 is 17.4 Å². The molecule has 3 aliphatic rings. The second kappa shape index (κ2) is 10.0. The lowest BCUT2D eigenvalue weighted by molar-refractivity contribution is -0.0728. The van der Waals surface area contributed by atoms with Gasteiger partial charge in [0, 0.05) is 45.8 Å². The number of nitrogens with one attached hydrogen (secondary N) is 1. The molecule has 0 aromatic heterocycles. The van der Waals surface area contributed by atoms with Crippen molar-refractivity contribution in [1.82, 2.24) is 9.80 Å². The Morgan fingerprint density at radius 1 is 1.00 bits per heavy atom. The third-order valence-electron chi connectivity index (χ3n) is 6.76. The first kappa shape index (κ1) is 21.4. The summed E-state index contributed by atoms with van der Waals surface area (Å²) in [6.45, 7) is 11.4. The summed E-state index contributed by atoms with van der Waals surface area (Å²) in [5.74, 6) is 0.673. The van der Waals surface area contributed by atoms with Crippen molar-refractivity contribution in [2.24, 2.45) is 5.92 Å². The number of benzene rings is 1. The van der Waals surface area contributed by atoms with Gasteiger partial charge >= 0.3 is 6.03 Å². The quantitative estimate of drug-likeness (QED) is 0.808. The molecule has 6 nitrogen and oxygen atoms in total. The van der Waals surface area contributed by atoms with Crippen molar-refractivity contribution in [3.63, 3.8) is 0 Å². The molecule has 1 aromatic carbocycles. The number of rotatable bonds is 4. The maximum Gasteiger partial charge on any atom is 0.321 e. The lowest BCUT2D eigenvalue weighted by Crippen LogP contribution is -2.49. The average Bonchev–Trinajstić information content (AvgIpc) is 2.74. The number of urea groups is 1. The lowest BCUT2D eigenvalue weighted by atomic mass is 9.96. The Hall–Kier alpha value is -1.79. The predicted octanol–water partition coefficient (Wildman–Crippen LogP) is 4.03. The van der Waals surface area contributed by atoms with E-state index in [-0.39, 0.29) is 6.03 Å². The van der Waals surface area contributed by atoms with Gasteiger partial charge in [-0.2, -0.15) is 0 Å². The summed E-state index contributed by atoms with van der Waals surface area (Å²) in [6.07, 6.45) is 6.58. The van der Waals surface area contributed by atoms with E-state index in [9.17, 15) is 4.79 Å². The SMILES string of the molecule is CC1CN(CC2CCN(C(=O)Nc3ccccc3N3CCCCC3)CC2)CC(C)O1. The van der Waals surface area contributed by atoms with Gasteiger partial charge in [0.2, 0.25) is 0 Å². The van der Waals surface area contributed by atoms with Crippen LogP contribution in [0.2, 0.25) is 0 Å². The average molecular weight is 415 g/mol. The molecule has 3 fully saturated rings. The van der Waals surface area contributed by atoms with Crippen molar-refractivity contribution in [3.8, 4) is 0 Å². The van der Waals surface area contributed by atoms with Gasteiger partial charge in [-0.25, -0.2) is 4.79 Å². The van der Waals surface area contributed by atoms with Gasteiger partial charge in [-0.3, -0.25) is 4.90 Å². The largest absolute Gasteiger partial charge is 0.373 e. The van der Waals surface area contributed by atoms with Gasteiger partial charge in [0.25, 0.3) is 0 Å². The minimum absolute atomic E-state index is 0.0477. The Morgan fingerprint density at radius 2 is 1.67 bits per heavy atom. The Bertz CT molecular complexity index is 688. The summed E-state index contributed by atoms with van der Waals surface area (Å²) in [6, 6.07) is 8.30. The van der Waals surface area contributed by atoms with E-state index in [1.807, 2.05) is 17.0 Å². The molecule has 0 aliphatic carbocycles. The zero-order valence-corrected chi connectivity index (χ0v) is 18.7. The number of para-hydroxylation sites is 2. The normalized spacial score (nSPS) is 26.6. The van der Waals surface area contributed by atoms with Gasteiger partial charge in [-0.15, -0.1) is 0 Å². The molecular weight excluding hydrogens is 376 g/mol. The van der Waals surface area contributed by atoms with Crippen LogP contribution in [-0.2, 0) is 4.74 Å². The van der Waals surface area contributed by atoms with Crippen molar-refractivity contribution in [2.45, 2.75) is 58.2 Å². The van der Waals surface area contributed by atoms with E-state index in [1.165, 1.54) is 19.3 Å². The van der Waals surface area contributed by atoms with Crippen LogP contribution in [0.25, 0.3) is 0 Å². The number of anilines is 2. The number of carbonyl (C=O) groups is 1. The Balaban J connectivity index is 1.28. The molecule has 0 spiro atoms. The molecular formula is C24H38N4O2. The molecule has 3 saturated heterocycles. The van der Waals surface area contributed by atoms with Crippen LogP contribution >= 0.6 is 0 Å².